The molecule has 4 aromatic carbocycles. The molecule has 0 radical (unpaired) electrons. The van der Waals surface area contributed by atoms with Gasteiger partial charge in [0.2, 0.25) is 0 Å². The number of carbonyl (C=O) groups is 2. The lowest BCUT2D eigenvalue weighted by molar-refractivity contribution is -0.385. The molecule has 5 rings (SSSR count). The molecule has 0 saturated carbocycles. The predicted molar refractivity (Wildman–Crippen MR) is 154 cm³/mol. The Morgan fingerprint density at radius 2 is 1.75 bits per heavy atom. The molecule has 0 bridgehead atoms. The standard InChI is InChI=1S/C32H31N3O5/c1-21(26-13-7-11-23-10-5-6-12-28(23)26)33-19-25-20-34(17-16-27(25)22-8-3-2-4-9-22)31(36)24-14-15-29(32(37)38)30(18-24)35(39)40/h2-15,18,21,25,27,33H,16-17,19-20H2,1H3,(H,37,38)/t21-,25?,27?/m1/s1. The number of nitro benzene ring substituents is 1. The number of nitrogens with one attached hydrogen (secondary N) is 1. The summed E-state index contributed by atoms with van der Waals surface area (Å²) in [6.45, 7) is 3.80. The molecule has 8 heteroatoms. The van der Waals surface area contributed by atoms with Crippen molar-refractivity contribution in [3.05, 3.63) is 123 Å². The van der Waals surface area contributed by atoms with Crippen LogP contribution in [0.25, 0.3) is 10.8 Å². The van der Waals surface area contributed by atoms with E-state index in [1.807, 2.05) is 30.3 Å². The zero-order chi connectivity index (χ0) is 28.2. The van der Waals surface area contributed by atoms with Gasteiger partial charge in [0.05, 0.1) is 4.92 Å². The van der Waals surface area contributed by atoms with Crippen LogP contribution in [0.4, 0.5) is 5.69 Å². The zero-order valence-electron chi connectivity index (χ0n) is 22.2. The quantitative estimate of drug-likeness (QED) is 0.209. The van der Waals surface area contributed by atoms with Gasteiger partial charge in [0.25, 0.3) is 11.6 Å². The van der Waals surface area contributed by atoms with Gasteiger partial charge in [-0.25, -0.2) is 4.79 Å². The first-order chi connectivity index (χ1) is 19.3. The Hall–Kier alpha value is -4.56. The number of carboxylic acids is 1. The number of nitro groups is 1. The fourth-order valence-electron chi connectivity index (χ4n) is 5.81. The third-order valence-electron chi connectivity index (χ3n) is 7.90. The molecular weight excluding hydrogens is 506 g/mol. The Morgan fingerprint density at radius 1 is 1.02 bits per heavy atom. The van der Waals surface area contributed by atoms with E-state index in [1.54, 1.807) is 4.90 Å². The van der Waals surface area contributed by atoms with Crippen LogP contribution in [0, 0.1) is 16.0 Å². The maximum Gasteiger partial charge on any atom is 0.342 e. The van der Waals surface area contributed by atoms with Crippen LogP contribution in [0.3, 0.4) is 0 Å². The van der Waals surface area contributed by atoms with Crippen molar-refractivity contribution in [2.75, 3.05) is 19.6 Å². The molecule has 3 atom stereocenters. The Kier molecular flexibility index (Phi) is 7.89. The van der Waals surface area contributed by atoms with Crippen LogP contribution < -0.4 is 5.32 Å². The Morgan fingerprint density at radius 3 is 2.50 bits per heavy atom. The summed E-state index contributed by atoms with van der Waals surface area (Å²) in [5.74, 6) is -1.40. The number of piperidine rings is 1. The fourth-order valence-corrected chi connectivity index (χ4v) is 5.81. The molecule has 0 aromatic heterocycles. The lowest BCUT2D eigenvalue weighted by Gasteiger charge is -2.39. The van der Waals surface area contributed by atoms with Crippen molar-refractivity contribution >= 4 is 28.3 Å². The highest BCUT2D eigenvalue weighted by molar-refractivity contribution is 5.98. The van der Waals surface area contributed by atoms with Gasteiger partial charge in [-0.2, -0.15) is 0 Å². The number of likely N-dealkylation sites (tertiary alicyclic amines) is 1. The molecular formula is C32H31N3O5. The van der Waals surface area contributed by atoms with Crippen molar-refractivity contribution in [1.82, 2.24) is 10.2 Å². The van der Waals surface area contributed by atoms with E-state index in [2.05, 4.69) is 54.7 Å². The zero-order valence-corrected chi connectivity index (χ0v) is 22.2. The first kappa shape index (κ1) is 27.0. The highest BCUT2D eigenvalue weighted by Gasteiger charge is 2.34. The molecule has 8 nitrogen and oxygen atoms in total. The summed E-state index contributed by atoms with van der Waals surface area (Å²) in [6.07, 6.45) is 0.750. The number of carbonyl (C=O) groups excluding carboxylic acids is 1. The van der Waals surface area contributed by atoms with E-state index in [9.17, 15) is 24.8 Å². The van der Waals surface area contributed by atoms with E-state index in [-0.39, 0.29) is 29.3 Å². The third-order valence-corrected chi connectivity index (χ3v) is 7.90. The second-order valence-corrected chi connectivity index (χ2v) is 10.3. The van der Waals surface area contributed by atoms with Gasteiger partial charge in [0.15, 0.2) is 0 Å². The van der Waals surface area contributed by atoms with E-state index in [4.69, 9.17) is 0 Å². The summed E-state index contributed by atoms with van der Waals surface area (Å²) in [5, 5.41) is 26.9. The van der Waals surface area contributed by atoms with Crippen LogP contribution in [0.1, 0.15) is 57.1 Å². The van der Waals surface area contributed by atoms with Gasteiger partial charge in [-0.15, -0.1) is 0 Å². The molecule has 2 N–H and O–H groups in total. The molecule has 1 amide bonds. The monoisotopic (exact) mass is 537 g/mol. The fraction of sp³-hybridized carbons (Fsp3) is 0.250. The minimum Gasteiger partial charge on any atom is -0.477 e. The van der Waals surface area contributed by atoms with Crippen LogP contribution >= 0.6 is 0 Å². The van der Waals surface area contributed by atoms with E-state index in [0.29, 0.717) is 19.6 Å². The topological polar surface area (TPSA) is 113 Å². The number of hydrogen-bond donors (Lipinski definition) is 2. The second-order valence-electron chi connectivity index (χ2n) is 10.3. The average Bonchev–Trinajstić information content (AvgIpc) is 2.99. The molecule has 2 unspecified atom stereocenters. The molecule has 1 aliphatic heterocycles. The van der Waals surface area contributed by atoms with E-state index in [1.165, 1.54) is 28.0 Å². The average molecular weight is 538 g/mol. The molecule has 1 saturated heterocycles. The minimum absolute atomic E-state index is 0.0832. The highest BCUT2D eigenvalue weighted by atomic mass is 16.6. The van der Waals surface area contributed by atoms with Gasteiger partial charge in [-0.1, -0.05) is 72.8 Å². The van der Waals surface area contributed by atoms with E-state index in [0.717, 1.165) is 18.6 Å². The lowest BCUT2D eigenvalue weighted by atomic mass is 9.80. The van der Waals surface area contributed by atoms with Crippen molar-refractivity contribution in [2.45, 2.75) is 25.3 Å². The lowest BCUT2D eigenvalue weighted by Crippen LogP contribution is -2.46. The number of fused-ring (bicyclic) bond motifs is 1. The van der Waals surface area contributed by atoms with Gasteiger partial charge in [0.1, 0.15) is 5.56 Å². The van der Waals surface area contributed by atoms with Crippen molar-refractivity contribution in [3.8, 4) is 0 Å². The number of carboxylic acid groups (broad SMARTS) is 1. The van der Waals surface area contributed by atoms with E-state index < -0.39 is 22.1 Å². The Bertz CT molecular complexity index is 1550. The van der Waals surface area contributed by atoms with Crippen LogP contribution in [0.5, 0.6) is 0 Å². The van der Waals surface area contributed by atoms with Crippen molar-refractivity contribution in [2.24, 2.45) is 5.92 Å². The summed E-state index contributed by atoms with van der Waals surface area (Å²) >= 11 is 0. The Labute approximate surface area is 232 Å². The van der Waals surface area contributed by atoms with E-state index >= 15 is 0 Å². The molecule has 1 fully saturated rings. The second kappa shape index (κ2) is 11.7. The number of aromatic carboxylic acids is 1. The molecule has 1 aliphatic rings. The van der Waals surface area contributed by atoms with Gasteiger partial charge < -0.3 is 15.3 Å². The molecule has 1 heterocycles. The Balaban J connectivity index is 1.38. The summed E-state index contributed by atoms with van der Waals surface area (Å²) in [4.78, 5) is 37.4. The van der Waals surface area contributed by atoms with Gasteiger partial charge in [-0.3, -0.25) is 14.9 Å². The maximum absolute atomic E-state index is 13.5. The number of rotatable bonds is 8. The number of nitrogens with zero attached hydrogens (tertiary/aromatic N) is 2. The van der Waals surface area contributed by atoms with Crippen LogP contribution in [0.15, 0.2) is 91.0 Å². The van der Waals surface area contributed by atoms with Crippen LogP contribution in [0.2, 0.25) is 0 Å². The first-order valence-electron chi connectivity index (χ1n) is 13.4. The SMILES string of the molecule is C[C@@H](NCC1CN(C(=O)c2ccc(C(=O)O)c([N+](=O)[O-])c2)CCC1c1ccccc1)c1cccc2ccccc12. The minimum atomic E-state index is -1.40. The summed E-state index contributed by atoms with van der Waals surface area (Å²) < 4.78 is 0. The molecule has 40 heavy (non-hydrogen) atoms. The van der Waals surface area contributed by atoms with Crippen molar-refractivity contribution in [3.63, 3.8) is 0 Å². The van der Waals surface area contributed by atoms with Gasteiger partial charge in [-0.05, 0) is 59.2 Å². The van der Waals surface area contributed by atoms with Crippen LogP contribution in [-0.2, 0) is 0 Å². The van der Waals surface area contributed by atoms with Gasteiger partial charge >= 0.3 is 5.97 Å². The highest BCUT2D eigenvalue weighted by Crippen LogP contribution is 2.34. The smallest absolute Gasteiger partial charge is 0.342 e. The first-order valence-corrected chi connectivity index (χ1v) is 13.4. The number of hydrogen-bond acceptors (Lipinski definition) is 5. The van der Waals surface area contributed by atoms with Crippen molar-refractivity contribution in [1.29, 1.82) is 0 Å². The summed E-state index contributed by atoms with van der Waals surface area (Å²) in [5.41, 5.74) is 1.53. The number of benzene rings is 4. The maximum atomic E-state index is 13.5. The largest absolute Gasteiger partial charge is 0.477 e. The summed E-state index contributed by atoms with van der Waals surface area (Å²) in [7, 11) is 0. The molecule has 0 spiro atoms. The predicted octanol–water partition coefficient (Wildman–Crippen LogP) is 6.04. The molecule has 4 aromatic rings. The summed E-state index contributed by atoms with van der Waals surface area (Å²) in [6, 6.07) is 28.6. The third kappa shape index (κ3) is 5.58. The normalized spacial score (nSPS) is 17.9. The molecule has 0 aliphatic carbocycles. The van der Waals surface area contributed by atoms with Crippen LogP contribution in [-0.4, -0.2) is 46.4 Å². The van der Waals surface area contributed by atoms with Crippen molar-refractivity contribution < 1.29 is 19.6 Å². The molecule has 204 valence electrons. The van der Waals surface area contributed by atoms with Gasteiger partial charge in [0, 0.05) is 37.3 Å². The number of amides is 1.